The summed E-state index contributed by atoms with van der Waals surface area (Å²) in [6, 6.07) is 25.9. The first-order valence-electron chi connectivity index (χ1n) is 15.1. The number of halogens is 1. The molecule has 220 valence electrons. The molecule has 5 aromatic rings. The lowest BCUT2D eigenvalue weighted by Gasteiger charge is -2.46. The van der Waals surface area contributed by atoms with Gasteiger partial charge in [-0.05, 0) is 70.5 Å². The minimum absolute atomic E-state index is 0.0120. The van der Waals surface area contributed by atoms with Gasteiger partial charge in [-0.25, -0.2) is 14.4 Å². The van der Waals surface area contributed by atoms with Crippen LogP contribution in [0.25, 0.3) is 11.1 Å². The number of piperidine rings is 2. The smallest absolute Gasteiger partial charge is 0.162 e. The lowest BCUT2D eigenvalue weighted by atomic mass is 9.85. The zero-order valence-electron chi connectivity index (χ0n) is 24.0. The normalized spacial score (nSPS) is 21.4. The minimum Gasteiger partial charge on any atom is -0.241 e. The Morgan fingerprint density at radius 1 is 0.605 bits per heavy atom. The van der Waals surface area contributed by atoms with Gasteiger partial charge in [-0.3, -0.25) is 0 Å². The van der Waals surface area contributed by atoms with Crippen LogP contribution in [0, 0.1) is 17.7 Å². The molecule has 2 saturated heterocycles. The van der Waals surface area contributed by atoms with Gasteiger partial charge in [0, 0.05) is 38.0 Å². The third-order valence-electron chi connectivity index (χ3n) is 8.96. The first kappa shape index (κ1) is 27.5. The molecule has 0 spiro atoms. The van der Waals surface area contributed by atoms with Crippen LogP contribution in [0.3, 0.4) is 0 Å². The van der Waals surface area contributed by atoms with E-state index in [-0.39, 0.29) is 23.8 Å². The molecular formula is C32H35FN10. The third-order valence-corrected chi connectivity index (χ3v) is 8.96. The van der Waals surface area contributed by atoms with E-state index < -0.39 is 0 Å². The number of aromatic nitrogens is 8. The highest BCUT2D eigenvalue weighted by Gasteiger charge is 2.37. The highest BCUT2D eigenvalue weighted by Crippen LogP contribution is 2.37. The van der Waals surface area contributed by atoms with Gasteiger partial charge in [0.2, 0.25) is 0 Å². The third kappa shape index (κ3) is 5.95. The first-order chi connectivity index (χ1) is 21.2. The highest BCUT2D eigenvalue weighted by atomic mass is 19.1. The standard InChI is InChI=1S/C32H35FN10/c33-30-16-14-27(15-17-30)32(43-37-23-35-39-43)29-9-5-19-41(21-29)40-18-4-8-28(20-40)31(42-36-22-34-38-42)26-12-10-25(11-13-26)24-6-2-1-3-7-24/h1-3,6-7,10-17,22-23,28-29,31-32H,4-5,8-9,18-21H2/t28-,29-,31?,32?/m0/s1. The van der Waals surface area contributed by atoms with E-state index in [1.807, 2.05) is 18.2 Å². The molecule has 0 bridgehead atoms. The van der Waals surface area contributed by atoms with Crippen LogP contribution in [0.2, 0.25) is 0 Å². The van der Waals surface area contributed by atoms with Crippen molar-refractivity contribution in [1.29, 1.82) is 0 Å². The van der Waals surface area contributed by atoms with Gasteiger partial charge < -0.3 is 0 Å². The molecule has 7 rings (SSSR count). The van der Waals surface area contributed by atoms with Gasteiger partial charge in [-0.1, -0.05) is 66.7 Å². The summed E-state index contributed by atoms with van der Waals surface area (Å²) in [6.07, 6.45) is 7.27. The van der Waals surface area contributed by atoms with Gasteiger partial charge in [0.1, 0.15) is 17.9 Å². The summed E-state index contributed by atoms with van der Waals surface area (Å²) in [6.45, 7) is 3.79. The Kier molecular flexibility index (Phi) is 7.98. The molecule has 43 heavy (non-hydrogen) atoms. The van der Waals surface area contributed by atoms with Gasteiger partial charge in [0.05, 0.1) is 0 Å². The summed E-state index contributed by atoms with van der Waals surface area (Å²) in [5, 5.41) is 30.6. The van der Waals surface area contributed by atoms with Crippen molar-refractivity contribution >= 4 is 0 Å². The number of hydrogen-bond donors (Lipinski definition) is 0. The Labute approximate surface area is 250 Å². The average molecular weight is 579 g/mol. The van der Waals surface area contributed by atoms with Gasteiger partial charge in [-0.2, -0.15) is 9.59 Å². The summed E-state index contributed by atoms with van der Waals surface area (Å²) in [4.78, 5) is 3.47. The van der Waals surface area contributed by atoms with Crippen LogP contribution < -0.4 is 0 Å². The fraction of sp³-hybridized carbons (Fsp3) is 0.375. The van der Waals surface area contributed by atoms with Gasteiger partial charge in [0.25, 0.3) is 0 Å². The van der Waals surface area contributed by atoms with Crippen molar-refractivity contribution < 1.29 is 4.39 Å². The Morgan fingerprint density at radius 2 is 1.09 bits per heavy atom. The molecule has 2 unspecified atom stereocenters. The molecule has 10 nitrogen and oxygen atoms in total. The molecule has 0 amide bonds. The zero-order valence-corrected chi connectivity index (χ0v) is 24.0. The van der Waals surface area contributed by atoms with Crippen LogP contribution in [0.5, 0.6) is 0 Å². The van der Waals surface area contributed by atoms with Crippen LogP contribution in [0.4, 0.5) is 4.39 Å². The van der Waals surface area contributed by atoms with Crippen molar-refractivity contribution in [3.8, 4) is 11.1 Å². The molecule has 4 atom stereocenters. The second-order valence-corrected chi connectivity index (χ2v) is 11.6. The van der Waals surface area contributed by atoms with Crippen molar-refractivity contribution in [2.24, 2.45) is 11.8 Å². The maximum Gasteiger partial charge on any atom is 0.162 e. The van der Waals surface area contributed by atoms with E-state index in [1.54, 1.807) is 9.59 Å². The van der Waals surface area contributed by atoms with E-state index in [4.69, 9.17) is 0 Å². The Bertz CT molecular complexity index is 1560. The minimum atomic E-state index is -0.246. The van der Waals surface area contributed by atoms with Crippen LogP contribution in [-0.4, -0.2) is 76.6 Å². The van der Waals surface area contributed by atoms with Crippen LogP contribution >= 0.6 is 0 Å². The number of nitrogens with zero attached hydrogens (tertiary/aromatic N) is 10. The van der Waals surface area contributed by atoms with Crippen molar-refractivity contribution in [1.82, 2.24) is 50.4 Å². The van der Waals surface area contributed by atoms with E-state index in [1.165, 1.54) is 41.5 Å². The quantitative estimate of drug-likeness (QED) is 0.262. The number of rotatable bonds is 8. The molecule has 0 saturated carbocycles. The van der Waals surface area contributed by atoms with Crippen molar-refractivity contribution in [2.45, 2.75) is 37.8 Å². The Balaban J connectivity index is 1.11. The second-order valence-electron chi connectivity index (χ2n) is 11.6. The van der Waals surface area contributed by atoms with Crippen LogP contribution in [0.15, 0.2) is 91.5 Å². The zero-order chi connectivity index (χ0) is 29.0. The summed E-state index contributed by atoms with van der Waals surface area (Å²) < 4.78 is 13.8. The molecule has 0 N–H and O–H groups in total. The fourth-order valence-electron chi connectivity index (χ4n) is 6.96. The first-order valence-corrected chi connectivity index (χ1v) is 15.1. The molecular weight excluding hydrogens is 543 g/mol. The molecule has 0 radical (unpaired) electrons. The lowest BCUT2D eigenvalue weighted by molar-refractivity contribution is -0.0888. The number of benzene rings is 3. The Morgan fingerprint density at radius 3 is 1.58 bits per heavy atom. The van der Waals surface area contributed by atoms with Crippen molar-refractivity contribution in [3.05, 3.63) is 108 Å². The predicted octanol–water partition coefficient (Wildman–Crippen LogP) is 4.68. The van der Waals surface area contributed by atoms with E-state index in [0.717, 1.165) is 57.4 Å². The topological polar surface area (TPSA) is 93.7 Å². The molecule has 2 aromatic heterocycles. The van der Waals surface area contributed by atoms with Crippen LogP contribution in [0.1, 0.15) is 48.9 Å². The maximum absolute atomic E-state index is 13.8. The maximum atomic E-state index is 13.8. The van der Waals surface area contributed by atoms with Gasteiger partial charge >= 0.3 is 0 Å². The molecule has 4 heterocycles. The molecule has 3 aromatic carbocycles. The van der Waals surface area contributed by atoms with E-state index in [0.29, 0.717) is 5.92 Å². The number of tetrazole rings is 2. The van der Waals surface area contributed by atoms with Crippen LogP contribution in [-0.2, 0) is 0 Å². The predicted molar refractivity (Wildman–Crippen MR) is 159 cm³/mol. The van der Waals surface area contributed by atoms with E-state index >= 15 is 0 Å². The largest absolute Gasteiger partial charge is 0.241 e. The highest BCUT2D eigenvalue weighted by molar-refractivity contribution is 5.63. The number of hydrogen-bond acceptors (Lipinski definition) is 8. The molecule has 2 fully saturated rings. The summed E-state index contributed by atoms with van der Waals surface area (Å²) in [5.41, 5.74) is 4.58. The lowest BCUT2D eigenvalue weighted by Crippen LogP contribution is -2.53. The fourth-order valence-corrected chi connectivity index (χ4v) is 6.96. The van der Waals surface area contributed by atoms with E-state index in [2.05, 4.69) is 89.4 Å². The van der Waals surface area contributed by atoms with Crippen molar-refractivity contribution in [3.63, 3.8) is 0 Å². The molecule has 2 aliphatic rings. The van der Waals surface area contributed by atoms with Gasteiger partial charge in [-0.15, -0.1) is 20.4 Å². The molecule has 11 heteroatoms. The average Bonchev–Trinajstić information content (AvgIpc) is 3.79. The number of hydrazine groups is 1. The second kappa shape index (κ2) is 12.5. The molecule has 2 aliphatic heterocycles. The van der Waals surface area contributed by atoms with E-state index in [9.17, 15) is 4.39 Å². The Hall–Kier alpha value is -4.35. The summed E-state index contributed by atoms with van der Waals surface area (Å²) in [5.74, 6) is 0.327. The monoisotopic (exact) mass is 578 g/mol. The summed E-state index contributed by atoms with van der Waals surface area (Å²) in [7, 11) is 0. The van der Waals surface area contributed by atoms with Crippen molar-refractivity contribution in [2.75, 3.05) is 26.2 Å². The summed E-state index contributed by atoms with van der Waals surface area (Å²) >= 11 is 0. The van der Waals surface area contributed by atoms with Gasteiger partial charge in [0.15, 0.2) is 12.7 Å². The SMILES string of the molecule is Fc1ccc(C([C@H]2CCCN(N3CCC[C@H](C(c4ccc(-c5ccccc5)cc4)n4ncnn4)C3)C2)n2ncnn2)cc1. The molecule has 0 aliphatic carbocycles.